The summed E-state index contributed by atoms with van der Waals surface area (Å²) < 4.78 is 5.40. The molecule has 0 amide bonds. The van der Waals surface area contributed by atoms with Gasteiger partial charge < -0.3 is 4.74 Å². The summed E-state index contributed by atoms with van der Waals surface area (Å²) in [6.45, 7) is 9.44. The summed E-state index contributed by atoms with van der Waals surface area (Å²) in [6, 6.07) is 21.0. The summed E-state index contributed by atoms with van der Waals surface area (Å²) in [5.74, 6) is -0.291. The number of carbonyl (C=O) groups is 1. The van der Waals surface area contributed by atoms with Crippen LogP contribution in [0.4, 0.5) is 0 Å². The van der Waals surface area contributed by atoms with Crippen molar-refractivity contribution in [3.63, 3.8) is 0 Å². The van der Waals surface area contributed by atoms with Crippen LogP contribution in [-0.4, -0.2) is 22.5 Å². The van der Waals surface area contributed by atoms with E-state index >= 15 is 0 Å². The topological polar surface area (TPSA) is 29.5 Å². The molecule has 2 rings (SSSR count). The van der Waals surface area contributed by atoms with E-state index in [0.29, 0.717) is 0 Å². The van der Waals surface area contributed by atoms with Crippen LogP contribution in [0.15, 0.2) is 72.8 Å². The third-order valence-corrected chi connectivity index (χ3v) is 4.21. The van der Waals surface area contributed by atoms with Crippen molar-refractivity contribution in [2.45, 2.75) is 58.8 Å². The quantitative estimate of drug-likeness (QED) is 0.465. The number of carbonyl (C=O) groups excluding carboxylic acids is 1. The molecule has 144 valence electrons. The monoisotopic (exact) mass is 365 g/mol. The van der Waals surface area contributed by atoms with Crippen LogP contribution in [0.1, 0.15) is 45.2 Å². The fourth-order valence-electron chi connectivity index (χ4n) is 2.97. The van der Waals surface area contributed by atoms with Crippen LogP contribution in [0.2, 0.25) is 0 Å². The number of rotatable bonds is 8. The molecule has 2 aromatic rings. The highest BCUT2D eigenvalue weighted by Gasteiger charge is 2.18. The lowest BCUT2D eigenvalue weighted by Crippen LogP contribution is -2.33. The van der Waals surface area contributed by atoms with Gasteiger partial charge in [0.25, 0.3) is 0 Å². The SMILES string of the molecule is CC[C@@H](/C=C/C(=O)OC(C)(C)C)N(Cc1ccccc1)Cc1ccccc1. The fraction of sp³-hybridized carbons (Fsp3) is 0.375. The number of esters is 1. The molecular formula is C24H31NO2. The Morgan fingerprint density at radius 2 is 1.44 bits per heavy atom. The molecule has 0 unspecified atom stereocenters. The summed E-state index contributed by atoms with van der Waals surface area (Å²) in [6.07, 6.45) is 4.46. The molecule has 27 heavy (non-hydrogen) atoms. The van der Waals surface area contributed by atoms with Crippen molar-refractivity contribution < 1.29 is 9.53 Å². The highest BCUT2D eigenvalue weighted by atomic mass is 16.6. The van der Waals surface area contributed by atoms with Gasteiger partial charge in [-0.25, -0.2) is 4.79 Å². The maximum Gasteiger partial charge on any atom is 0.330 e. The lowest BCUT2D eigenvalue weighted by molar-refractivity contribution is -0.148. The largest absolute Gasteiger partial charge is 0.457 e. The first-order valence-corrected chi connectivity index (χ1v) is 9.60. The molecule has 0 aliphatic heterocycles. The Balaban J connectivity index is 2.16. The van der Waals surface area contributed by atoms with Gasteiger partial charge in [0.2, 0.25) is 0 Å². The highest BCUT2D eigenvalue weighted by molar-refractivity contribution is 5.82. The van der Waals surface area contributed by atoms with Crippen molar-refractivity contribution >= 4 is 5.97 Å². The van der Waals surface area contributed by atoms with Gasteiger partial charge in [-0.2, -0.15) is 0 Å². The minimum absolute atomic E-state index is 0.151. The molecule has 1 atom stereocenters. The van der Waals surface area contributed by atoms with E-state index < -0.39 is 5.60 Å². The van der Waals surface area contributed by atoms with Crippen LogP contribution in [0.5, 0.6) is 0 Å². The van der Waals surface area contributed by atoms with Gasteiger partial charge in [-0.1, -0.05) is 73.7 Å². The molecule has 0 N–H and O–H groups in total. The van der Waals surface area contributed by atoms with Gasteiger partial charge in [0.05, 0.1) is 0 Å². The normalized spacial score (nSPS) is 13.1. The van der Waals surface area contributed by atoms with E-state index in [9.17, 15) is 4.79 Å². The van der Waals surface area contributed by atoms with Crippen molar-refractivity contribution in [3.8, 4) is 0 Å². The number of nitrogens with zero attached hydrogens (tertiary/aromatic N) is 1. The zero-order valence-corrected chi connectivity index (χ0v) is 16.9. The Morgan fingerprint density at radius 3 is 1.85 bits per heavy atom. The van der Waals surface area contributed by atoms with Crippen molar-refractivity contribution in [2.24, 2.45) is 0 Å². The Labute approximate surface area is 163 Å². The van der Waals surface area contributed by atoms with Gasteiger partial charge in [0.15, 0.2) is 0 Å². The third-order valence-electron chi connectivity index (χ3n) is 4.21. The molecule has 0 spiro atoms. The molecule has 3 heteroatoms. The third kappa shape index (κ3) is 7.79. The molecule has 0 bridgehead atoms. The second-order valence-corrected chi connectivity index (χ2v) is 7.74. The summed E-state index contributed by atoms with van der Waals surface area (Å²) in [5.41, 5.74) is 2.05. The molecule has 0 saturated carbocycles. The van der Waals surface area contributed by atoms with Crippen LogP contribution < -0.4 is 0 Å². The Bertz CT molecular complexity index is 676. The first-order valence-electron chi connectivity index (χ1n) is 9.60. The van der Waals surface area contributed by atoms with Crippen LogP contribution in [-0.2, 0) is 22.6 Å². The van der Waals surface area contributed by atoms with E-state index in [1.165, 1.54) is 11.1 Å². The van der Waals surface area contributed by atoms with Crippen LogP contribution in [0.25, 0.3) is 0 Å². The first kappa shape index (κ1) is 20.9. The van der Waals surface area contributed by atoms with E-state index in [4.69, 9.17) is 4.74 Å². The molecule has 0 aliphatic carbocycles. The minimum Gasteiger partial charge on any atom is -0.457 e. The molecule has 3 nitrogen and oxygen atoms in total. The molecule has 0 aromatic heterocycles. The molecule has 0 fully saturated rings. The zero-order chi connectivity index (χ0) is 19.7. The van der Waals surface area contributed by atoms with Crippen molar-refractivity contribution in [1.29, 1.82) is 0 Å². The van der Waals surface area contributed by atoms with Crippen molar-refractivity contribution in [2.75, 3.05) is 0 Å². The number of hydrogen-bond acceptors (Lipinski definition) is 3. The Kier molecular flexibility index (Phi) is 7.81. The fourth-order valence-corrected chi connectivity index (χ4v) is 2.97. The van der Waals surface area contributed by atoms with E-state index in [2.05, 4.69) is 60.4 Å². The standard InChI is InChI=1S/C24H31NO2/c1-5-22(16-17-23(26)27-24(2,3)4)25(18-20-12-8-6-9-13-20)19-21-14-10-7-11-15-21/h6-17,22H,5,18-19H2,1-4H3/b17-16+/t22-/m0/s1. The first-order chi connectivity index (χ1) is 12.9. The summed E-state index contributed by atoms with van der Waals surface area (Å²) >= 11 is 0. The van der Waals surface area contributed by atoms with Crippen molar-refractivity contribution in [3.05, 3.63) is 83.9 Å². The minimum atomic E-state index is -0.475. The number of benzene rings is 2. The maximum absolute atomic E-state index is 12.1. The average molecular weight is 366 g/mol. The summed E-state index contributed by atoms with van der Waals surface area (Å²) in [4.78, 5) is 14.5. The zero-order valence-electron chi connectivity index (χ0n) is 16.9. The Morgan fingerprint density at radius 1 is 0.963 bits per heavy atom. The van der Waals surface area contributed by atoms with Gasteiger partial charge in [-0.15, -0.1) is 0 Å². The molecule has 0 radical (unpaired) electrons. The highest BCUT2D eigenvalue weighted by Crippen LogP contribution is 2.17. The van der Waals surface area contributed by atoms with Gasteiger partial charge in [-0.3, -0.25) is 4.90 Å². The molecule has 0 aliphatic rings. The summed E-state index contributed by atoms with van der Waals surface area (Å²) in [5, 5.41) is 0. The van der Waals surface area contributed by atoms with Crippen LogP contribution >= 0.6 is 0 Å². The Hall–Kier alpha value is -2.39. The van der Waals surface area contributed by atoms with E-state index in [0.717, 1.165) is 19.5 Å². The number of hydrogen-bond donors (Lipinski definition) is 0. The smallest absolute Gasteiger partial charge is 0.330 e. The van der Waals surface area contributed by atoms with Crippen molar-refractivity contribution in [1.82, 2.24) is 4.90 Å². The van der Waals surface area contributed by atoms with E-state index in [-0.39, 0.29) is 12.0 Å². The lowest BCUT2D eigenvalue weighted by Gasteiger charge is -2.29. The maximum atomic E-state index is 12.1. The lowest BCUT2D eigenvalue weighted by atomic mass is 10.1. The molecule has 2 aromatic carbocycles. The van der Waals surface area contributed by atoms with Gasteiger partial charge in [-0.05, 0) is 38.3 Å². The average Bonchev–Trinajstić information content (AvgIpc) is 2.62. The summed E-state index contributed by atoms with van der Waals surface area (Å²) in [7, 11) is 0. The van der Waals surface area contributed by atoms with Gasteiger partial charge in [0.1, 0.15) is 5.60 Å². The number of ether oxygens (including phenoxy) is 1. The second-order valence-electron chi connectivity index (χ2n) is 7.74. The van der Waals surface area contributed by atoms with Gasteiger partial charge in [0, 0.05) is 25.2 Å². The predicted octanol–water partition coefficient (Wildman–Crippen LogP) is 5.37. The molecular weight excluding hydrogens is 334 g/mol. The van der Waals surface area contributed by atoms with Crippen LogP contribution in [0.3, 0.4) is 0 Å². The van der Waals surface area contributed by atoms with Gasteiger partial charge >= 0.3 is 5.97 Å². The van der Waals surface area contributed by atoms with Crippen LogP contribution in [0, 0.1) is 0 Å². The molecule has 0 heterocycles. The predicted molar refractivity (Wildman–Crippen MR) is 111 cm³/mol. The second kappa shape index (κ2) is 10.1. The van der Waals surface area contributed by atoms with E-state index in [1.54, 1.807) is 6.08 Å². The molecule has 0 saturated heterocycles. The van der Waals surface area contributed by atoms with E-state index in [1.807, 2.05) is 39.0 Å².